The van der Waals surface area contributed by atoms with Gasteiger partial charge in [-0.05, 0) is 38.6 Å². The maximum atomic E-state index is 5.34. The summed E-state index contributed by atoms with van der Waals surface area (Å²) in [7, 11) is 2.09. The number of hydrogen-bond acceptors (Lipinski definition) is 5. The zero-order chi connectivity index (χ0) is 11.7. The molecule has 0 bridgehead atoms. The van der Waals surface area contributed by atoms with Crippen LogP contribution in [0.15, 0.2) is 29.0 Å². The number of likely N-dealkylation sites (tertiary alicyclic amines) is 1. The van der Waals surface area contributed by atoms with Crippen LogP contribution in [-0.4, -0.2) is 33.6 Å². The van der Waals surface area contributed by atoms with Crippen LogP contribution in [0.3, 0.4) is 0 Å². The fourth-order valence-electron chi connectivity index (χ4n) is 2.21. The van der Waals surface area contributed by atoms with Gasteiger partial charge in [-0.3, -0.25) is 9.88 Å². The summed E-state index contributed by atoms with van der Waals surface area (Å²) in [6.45, 7) is 1.09. The van der Waals surface area contributed by atoms with E-state index in [2.05, 4.69) is 27.1 Å². The second-order valence-electron chi connectivity index (χ2n) is 4.34. The van der Waals surface area contributed by atoms with Crippen LogP contribution < -0.4 is 0 Å². The smallest absolute Gasteiger partial charge is 0.244 e. The predicted molar refractivity (Wildman–Crippen MR) is 62.1 cm³/mol. The quantitative estimate of drug-likeness (QED) is 0.788. The Morgan fingerprint density at radius 1 is 1.47 bits per heavy atom. The first-order valence-electron chi connectivity index (χ1n) is 5.79. The second-order valence-corrected chi connectivity index (χ2v) is 4.34. The molecule has 0 aliphatic carbocycles. The molecule has 2 aromatic heterocycles. The molecule has 0 unspecified atom stereocenters. The maximum absolute atomic E-state index is 5.34. The van der Waals surface area contributed by atoms with Gasteiger partial charge >= 0.3 is 0 Å². The lowest BCUT2D eigenvalue weighted by Crippen LogP contribution is -2.17. The summed E-state index contributed by atoms with van der Waals surface area (Å²) < 4.78 is 5.34. The van der Waals surface area contributed by atoms with Gasteiger partial charge in [0.1, 0.15) is 0 Å². The highest BCUT2D eigenvalue weighted by Gasteiger charge is 2.27. The number of nitrogens with zero attached hydrogens (tertiary/aromatic N) is 4. The van der Waals surface area contributed by atoms with E-state index < -0.39 is 0 Å². The lowest BCUT2D eigenvalue weighted by Gasteiger charge is -2.14. The standard InChI is InChI=1S/C12H14N4O/c1-16-7-3-5-10(16)12-14-11(15-17-12)9-4-2-6-13-8-9/h2,4,6,8,10H,3,5,7H2,1H3/t10-/m0/s1. The first kappa shape index (κ1) is 10.4. The Morgan fingerprint density at radius 2 is 2.41 bits per heavy atom. The third kappa shape index (κ3) is 1.93. The van der Waals surface area contributed by atoms with Gasteiger partial charge in [0.15, 0.2) is 0 Å². The predicted octanol–water partition coefficient (Wildman–Crippen LogP) is 1.90. The molecular formula is C12H14N4O. The topological polar surface area (TPSA) is 55.1 Å². The van der Waals surface area contributed by atoms with Gasteiger partial charge in [0.05, 0.1) is 6.04 Å². The number of rotatable bonds is 2. The van der Waals surface area contributed by atoms with Crippen LogP contribution in [0.5, 0.6) is 0 Å². The Morgan fingerprint density at radius 3 is 3.12 bits per heavy atom. The van der Waals surface area contributed by atoms with Crippen molar-refractivity contribution in [2.24, 2.45) is 0 Å². The van der Waals surface area contributed by atoms with Crippen LogP contribution in [-0.2, 0) is 0 Å². The molecule has 3 heterocycles. The van der Waals surface area contributed by atoms with Gasteiger partial charge in [0.25, 0.3) is 0 Å². The van der Waals surface area contributed by atoms with Gasteiger partial charge in [-0.15, -0.1) is 0 Å². The minimum atomic E-state index is 0.271. The highest BCUT2D eigenvalue weighted by Crippen LogP contribution is 2.30. The van der Waals surface area contributed by atoms with Crippen molar-refractivity contribution in [2.75, 3.05) is 13.6 Å². The molecule has 1 saturated heterocycles. The lowest BCUT2D eigenvalue weighted by atomic mass is 10.2. The van der Waals surface area contributed by atoms with Gasteiger partial charge in [0, 0.05) is 18.0 Å². The van der Waals surface area contributed by atoms with Crippen molar-refractivity contribution in [3.63, 3.8) is 0 Å². The van der Waals surface area contributed by atoms with Gasteiger partial charge in [0.2, 0.25) is 11.7 Å². The van der Waals surface area contributed by atoms with Crippen LogP contribution >= 0.6 is 0 Å². The minimum absolute atomic E-state index is 0.271. The zero-order valence-corrected chi connectivity index (χ0v) is 9.71. The van der Waals surface area contributed by atoms with Crippen molar-refractivity contribution < 1.29 is 4.52 Å². The molecule has 5 nitrogen and oxygen atoms in total. The maximum Gasteiger partial charge on any atom is 0.244 e. The Kier molecular flexibility index (Phi) is 2.60. The highest BCUT2D eigenvalue weighted by molar-refractivity contribution is 5.51. The van der Waals surface area contributed by atoms with Crippen LogP contribution in [0.25, 0.3) is 11.4 Å². The molecule has 17 heavy (non-hydrogen) atoms. The Balaban J connectivity index is 1.88. The Bertz CT molecular complexity index is 496. The van der Waals surface area contributed by atoms with Gasteiger partial charge in [-0.1, -0.05) is 5.16 Å². The summed E-state index contributed by atoms with van der Waals surface area (Å²) in [6.07, 6.45) is 5.75. The van der Waals surface area contributed by atoms with Crippen molar-refractivity contribution in [1.82, 2.24) is 20.0 Å². The zero-order valence-electron chi connectivity index (χ0n) is 9.71. The molecule has 0 N–H and O–H groups in total. The lowest BCUT2D eigenvalue weighted by molar-refractivity contribution is 0.245. The third-order valence-electron chi connectivity index (χ3n) is 3.17. The molecule has 1 aliphatic rings. The molecule has 1 fully saturated rings. The van der Waals surface area contributed by atoms with Gasteiger partial charge < -0.3 is 4.52 Å². The van der Waals surface area contributed by atoms with Crippen molar-refractivity contribution in [1.29, 1.82) is 0 Å². The first-order valence-corrected chi connectivity index (χ1v) is 5.79. The van der Waals surface area contributed by atoms with E-state index in [0.717, 1.165) is 18.5 Å². The Hall–Kier alpha value is -1.75. The molecule has 1 atom stereocenters. The summed E-state index contributed by atoms with van der Waals surface area (Å²) in [4.78, 5) is 10.8. The van der Waals surface area contributed by atoms with E-state index in [0.29, 0.717) is 11.7 Å². The highest BCUT2D eigenvalue weighted by atomic mass is 16.5. The van der Waals surface area contributed by atoms with Crippen molar-refractivity contribution in [2.45, 2.75) is 18.9 Å². The molecule has 5 heteroatoms. The number of aromatic nitrogens is 3. The summed E-state index contributed by atoms with van der Waals surface area (Å²) in [6, 6.07) is 4.07. The molecule has 1 aliphatic heterocycles. The van der Waals surface area contributed by atoms with E-state index in [1.807, 2.05) is 12.1 Å². The third-order valence-corrected chi connectivity index (χ3v) is 3.17. The molecule has 3 rings (SSSR count). The minimum Gasteiger partial charge on any atom is -0.337 e. The summed E-state index contributed by atoms with van der Waals surface area (Å²) in [5.41, 5.74) is 0.892. The average molecular weight is 230 g/mol. The average Bonchev–Trinajstić information content (AvgIpc) is 2.98. The Labute approximate surface area is 99.5 Å². The molecule has 0 radical (unpaired) electrons. The SMILES string of the molecule is CN1CCC[C@H]1c1nc(-c2cccnc2)no1. The second kappa shape index (κ2) is 4.25. The molecule has 0 amide bonds. The summed E-state index contributed by atoms with van der Waals surface area (Å²) in [5.74, 6) is 1.33. The van der Waals surface area contributed by atoms with Gasteiger partial charge in [-0.2, -0.15) is 4.98 Å². The summed E-state index contributed by atoms with van der Waals surface area (Å²) >= 11 is 0. The molecular weight excluding hydrogens is 216 g/mol. The monoisotopic (exact) mass is 230 g/mol. The number of hydrogen-bond donors (Lipinski definition) is 0. The van der Waals surface area contributed by atoms with E-state index in [1.54, 1.807) is 12.4 Å². The largest absolute Gasteiger partial charge is 0.337 e. The van der Waals surface area contributed by atoms with Crippen molar-refractivity contribution in [3.8, 4) is 11.4 Å². The van der Waals surface area contributed by atoms with Crippen LogP contribution in [0, 0.1) is 0 Å². The van der Waals surface area contributed by atoms with E-state index in [-0.39, 0.29) is 6.04 Å². The number of pyridine rings is 1. The normalized spacial score (nSPS) is 20.9. The van der Waals surface area contributed by atoms with Crippen LogP contribution in [0.2, 0.25) is 0 Å². The fourth-order valence-corrected chi connectivity index (χ4v) is 2.21. The van der Waals surface area contributed by atoms with Gasteiger partial charge in [-0.25, -0.2) is 0 Å². The molecule has 0 aromatic carbocycles. The summed E-state index contributed by atoms with van der Waals surface area (Å²) in [5, 5.41) is 4.01. The van der Waals surface area contributed by atoms with Crippen molar-refractivity contribution in [3.05, 3.63) is 30.4 Å². The van der Waals surface area contributed by atoms with Crippen molar-refractivity contribution >= 4 is 0 Å². The molecule has 88 valence electrons. The van der Waals surface area contributed by atoms with E-state index >= 15 is 0 Å². The molecule has 0 saturated carbocycles. The first-order chi connectivity index (χ1) is 8.34. The van der Waals surface area contributed by atoms with Crippen LogP contribution in [0.1, 0.15) is 24.8 Å². The van der Waals surface area contributed by atoms with E-state index in [1.165, 1.54) is 6.42 Å². The molecule has 2 aromatic rings. The molecule has 0 spiro atoms. The van der Waals surface area contributed by atoms with Crippen LogP contribution in [0.4, 0.5) is 0 Å². The fraction of sp³-hybridized carbons (Fsp3) is 0.417. The van der Waals surface area contributed by atoms with E-state index in [9.17, 15) is 0 Å². The van der Waals surface area contributed by atoms with E-state index in [4.69, 9.17) is 4.52 Å².